The minimum Gasteiger partial charge on any atom is -0.0654 e. The molecule has 0 heterocycles. The van der Waals surface area contributed by atoms with Crippen molar-refractivity contribution in [2.24, 2.45) is 5.92 Å². The molecule has 0 bridgehead atoms. The smallest absolute Gasteiger partial charge is 0.0443 e. The first kappa shape index (κ1) is 33.0. The summed E-state index contributed by atoms with van der Waals surface area (Å²) in [5, 5.41) is 0. The summed E-state index contributed by atoms with van der Waals surface area (Å²) in [6.45, 7) is 7.07. The van der Waals surface area contributed by atoms with E-state index in [4.69, 9.17) is 0 Å². The topological polar surface area (TPSA) is 0 Å². The number of unbranched alkanes of at least 4 members (excludes halogenated alkanes) is 25. The normalized spacial score (nSPS) is 12.5. The molecule has 0 aromatic rings. The van der Waals surface area contributed by atoms with E-state index in [-0.39, 0.29) is 0 Å². The molecule has 0 nitrogen and oxygen atoms in total. The van der Waals surface area contributed by atoms with Gasteiger partial charge in [0, 0.05) is 0 Å². The molecule has 33 heavy (non-hydrogen) atoms. The van der Waals surface area contributed by atoms with Crippen molar-refractivity contribution >= 4 is 0 Å². The highest BCUT2D eigenvalue weighted by Crippen LogP contribution is 2.18. The van der Waals surface area contributed by atoms with Crippen molar-refractivity contribution in [2.75, 3.05) is 0 Å². The van der Waals surface area contributed by atoms with Crippen LogP contribution < -0.4 is 0 Å². The minimum atomic E-state index is 0.967. The van der Waals surface area contributed by atoms with Gasteiger partial charge < -0.3 is 0 Å². The molecule has 0 N–H and O–H groups in total. The molecule has 0 heteroatoms. The zero-order chi connectivity index (χ0) is 24.1. The van der Waals surface area contributed by atoms with Crippen molar-refractivity contribution < 1.29 is 0 Å². The Kier molecular flexibility index (Phi) is 30.0. The molecule has 200 valence electrons. The molecule has 0 amide bonds. The highest BCUT2D eigenvalue weighted by Gasteiger charge is 2.01. The standard InChI is InChI=1S/C33H68/c1-4-6-8-9-10-11-12-13-14-15-16-17-18-19-20-21-22-23-24-25-26-27-28-29-30-32-33(3)31-7-5-2/h33H,4-32H2,1-3H3. The Labute approximate surface area is 212 Å². The Morgan fingerprint density at radius 2 is 0.485 bits per heavy atom. The monoisotopic (exact) mass is 465 g/mol. The molecule has 0 saturated heterocycles. The maximum Gasteiger partial charge on any atom is -0.0443 e. The van der Waals surface area contributed by atoms with Crippen LogP contribution >= 0.6 is 0 Å². The first-order valence-corrected chi connectivity index (χ1v) is 16.3. The number of rotatable bonds is 29. The fourth-order valence-electron chi connectivity index (χ4n) is 5.33. The third-order valence-electron chi connectivity index (χ3n) is 7.85. The lowest BCUT2D eigenvalue weighted by Gasteiger charge is -2.10. The Balaban J connectivity index is 3.04. The van der Waals surface area contributed by atoms with E-state index in [9.17, 15) is 0 Å². The summed E-state index contributed by atoms with van der Waals surface area (Å²) in [6.07, 6.45) is 42.8. The summed E-state index contributed by atoms with van der Waals surface area (Å²) in [5.41, 5.74) is 0. The first-order chi connectivity index (χ1) is 16.3. The Bertz CT molecular complexity index is 320. The molecule has 0 rings (SSSR count). The number of hydrogen-bond acceptors (Lipinski definition) is 0. The van der Waals surface area contributed by atoms with E-state index in [0.717, 1.165) is 5.92 Å². The maximum atomic E-state index is 2.45. The lowest BCUT2D eigenvalue weighted by atomic mass is 9.97. The van der Waals surface area contributed by atoms with Crippen molar-refractivity contribution in [1.82, 2.24) is 0 Å². The third-order valence-corrected chi connectivity index (χ3v) is 7.85. The first-order valence-electron chi connectivity index (χ1n) is 16.3. The van der Waals surface area contributed by atoms with E-state index < -0.39 is 0 Å². The molecule has 0 aromatic carbocycles. The van der Waals surface area contributed by atoms with Crippen LogP contribution in [-0.2, 0) is 0 Å². The molecular weight excluding hydrogens is 396 g/mol. The van der Waals surface area contributed by atoms with Crippen molar-refractivity contribution in [3.05, 3.63) is 0 Å². The molecule has 0 radical (unpaired) electrons. The van der Waals surface area contributed by atoms with Gasteiger partial charge in [-0.3, -0.25) is 0 Å². The zero-order valence-corrected chi connectivity index (χ0v) is 24.1. The van der Waals surface area contributed by atoms with E-state index in [1.54, 1.807) is 0 Å². The minimum absolute atomic E-state index is 0.967. The van der Waals surface area contributed by atoms with Crippen LogP contribution in [0.15, 0.2) is 0 Å². The maximum absolute atomic E-state index is 2.45. The van der Waals surface area contributed by atoms with Crippen LogP contribution in [0.3, 0.4) is 0 Å². The van der Waals surface area contributed by atoms with E-state index in [1.807, 2.05) is 0 Å². The Morgan fingerprint density at radius 3 is 0.758 bits per heavy atom. The summed E-state index contributed by atoms with van der Waals surface area (Å²) in [5.74, 6) is 0.967. The predicted molar refractivity (Wildman–Crippen MR) is 154 cm³/mol. The average Bonchev–Trinajstić information content (AvgIpc) is 2.82. The molecule has 0 aromatic heterocycles. The Morgan fingerprint density at radius 1 is 0.273 bits per heavy atom. The molecule has 0 aliphatic heterocycles. The summed E-state index contributed by atoms with van der Waals surface area (Å²) in [6, 6.07) is 0. The molecule has 0 aliphatic rings. The molecule has 0 aliphatic carbocycles. The highest BCUT2D eigenvalue weighted by atomic mass is 14.1. The van der Waals surface area contributed by atoms with Gasteiger partial charge in [0.2, 0.25) is 0 Å². The van der Waals surface area contributed by atoms with Gasteiger partial charge in [0.25, 0.3) is 0 Å². The second-order valence-electron chi connectivity index (χ2n) is 11.5. The number of hydrogen-bond donors (Lipinski definition) is 0. The SMILES string of the molecule is CCCCCCCCCCCCCCCCCCCCCCCCCCCC(C)CCCC. The van der Waals surface area contributed by atoms with Crippen LogP contribution in [0.25, 0.3) is 0 Å². The molecule has 0 saturated carbocycles. The molecule has 1 atom stereocenters. The summed E-state index contributed by atoms with van der Waals surface area (Å²) in [4.78, 5) is 0. The van der Waals surface area contributed by atoms with Gasteiger partial charge in [-0.2, -0.15) is 0 Å². The highest BCUT2D eigenvalue weighted by molar-refractivity contribution is 4.55. The van der Waals surface area contributed by atoms with Gasteiger partial charge >= 0.3 is 0 Å². The fourth-order valence-corrected chi connectivity index (χ4v) is 5.33. The van der Waals surface area contributed by atoms with E-state index in [0.29, 0.717) is 0 Å². The van der Waals surface area contributed by atoms with Gasteiger partial charge in [0.05, 0.1) is 0 Å². The summed E-state index contributed by atoms with van der Waals surface area (Å²) < 4.78 is 0. The van der Waals surface area contributed by atoms with Crippen molar-refractivity contribution in [3.63, 3.8) is 0 Å². The lowest BCUT2D eigenvalue weighted by Crippen LogP contribution is -1.94. The van der Waals surface area contributed by atoms with Crippen molar-refractivity contribution in [3.8, 4) is 0 Å². The van der Waals surface area contributed by atoms with Gasteiger partial charge in [0.1, 0.15) is 0 Å². The molecule has 1 unspecified atom stereocenters. The summed E-state index contributed by atoms with van der Waals surface area (Å²) >= 11 is 0. The molecule has 0 fully saturated rings. The van der Waals surface area contributed by atoms with Gasteiger partial charge in [0.15, 0.2) is 0 Å². The van der Waals surface area contributed by atoms with Crippen LogP contribution in [0.2, 0.25) is 0 Å². The van der Waals surface area contributed by atoms with E-state index in [1.165, 1.54) is 186 Å². The van der Waals surface area contributed by atoms with Crippen LogP contribution in [-0.4, -0.2) is 0 Å². The third kappa shape index (κ3) is 30.0. The second kappa shape index (κ2) is 30.0. The van der Waals surface area contributed by atoms with E-state index >= 15 is 0 Å². The fraction of sp³-hybridized carbons (Fsp3) is 1.00. The summed E-state index contributed by atoms with van der Waals surface area (Å²) in [7, 11) is 0. The van der Waals surface area contributed by atoms with Gasteiger partial charge in [-0.25, -0.2) is 0 Å². The quantitative estimate of drug-likeness (QED) is 0.0965. The van der Waals surface area contributed by atoms with Crippen LogP contribution in [0, 0.1) is 5.92 Å². The van der Waals surface area contributed by atoms with Crippen LogP contribution in [0.5, 0.6) is 0 Å². The zero-order valence-electron chi connectivity index (χ0n) is 24.1. The van der Waals surface area contributed by atoms with Crippen LogP contribution in [0.4, 0.5) is 0 Å². The molecular formula is C33H68. The van der Waals surface area contributed by atoms with Gasteiger partial charge in [-0.05, 0) is 5.92 Å². The Hall–Kier alpha value is 0. The average molecular weight is 465 g/mol. The van der Waals surface area contributed by atoms with Crippen molar-refractivity contribution in [2.45, 2.75) is 207 Å². The van der Waals surface area contributed by atoms with Gasteiger partial charge in [-0.1, -0.05) is 207 Å². The van der Waals surface area contributed by atoms with Gasteiger partial charge in [-0.15, -0.1) is 0 Å². The van der Waals surface area contributed by atoms with Crippen LogP contribution in [0.1, 0.15) is 207 Å². The lowest BCUT2D eigenvalue weighted by molar-refractivity contribution is 0.440. The predicted octanol–water partition coefficient (Wildman–Crippen LogP) is 13.0. The molecule has 0 spiro atoms. The largest absolute Gasteiger partial charge is 0.0654 e. The van der Waals surface area contributed by atoms with E-state index in [2.05, 4.69) is 20.8 Å². The second-order valence-corrected chi connectivity index (χ2v) is 11.5. The van der Waals surface area contributed by atoms with Crippen molar-refractivity contribution in [1.29, 1.82) is 0 Å².